The van der Waals surface area contributed by atoms with Crippen molar-refractivity contribution in [3.63, 3.8) is 0 Å². The Balaban J connectivity index is 2.73. The van der Waals surface area contributed by atoms with Crippen LogP contribution in [-0.4, -0.2) is 24.2 Å². The molecule has 92 valence electrons. The van der Waals surface area contributed by atoms with E-state index in [1.165, 1.54) is 6.07 Å². The van der Waals surface area contributed by atoms with Gasteiger partial charge in [-0.15, -0.1) is 0 Å². The molecule has 0 aliphatic carbocycles. The third-order valence-electron chi connectivity index (χ3n) is 2.48. The highest BCUT2D eigenvalue weighted by Gasteiger charge is 2.46. The van der Waals surface area contributed by atoms with E-state index in [0.29, 0.717) is 4.47 Å². The lowest BCUT2D eigenvalue weighted by molar-refractivity contribution is 0.0787. The van der Waals surface area contributed by atoms with Gasteiger partial charge in [0.25, 0.3) is 15.9 Å². The highest BCUT2D eigenvalue weighted by atomic mass is 79.9. The maximum Gasteiger partial charge on any atom is 0.269 e. The van der Waals surface area contributed by atoms with Crippen molar-refractivity contribution < 1.29 is 13.2 Å². The summed E-state index contributed by atoms with van der Waals surface area (Å²) in [4.78, 5) is 12.2. The molecule has 0 aromatic heterocycles. The maximum atomic E-state index is 12.2. The van der Waals surface area contributed by atoms with Gasteiger partial charge in [0.15, 0.2) is 0 Å². The van der Waals surface area contributed by atoms with Gasteiger partial charge in [-0.05, 0) is 39.0 Å². The quantitative estimate of drug-likeness (QED) is 0.738. The van der Waals surface area contributed by atoms with Crippen LogP contribution in [0.3, 0.4) is 0 Å². The molecule has 1 heterocycles. The SMILES string of the molecule is CC(C)(C)N1C(=O)c2cc(Br)ccc2S1(=O)=O. The first-order chi connectivity index (χ1) is 7.65. The zero-order valence-electron chi connectivity index (χ0n) is 9.69. The van der Waals surface area contributed by atoms with Crippen LogP contribution >= 0.6 is 15.9 Å². The monoisotopic (exact) mass is 317 g/mol. The minimum absolute atomic E-state index is 0.0839. The van der Waals surface area contributed by atoms with E-state index >= 15 is 0 Å². The van der Waals surface area contributed by atoms with Gasteiger partial charge in [0.05, 0.1) is 11.1 Å². The molecule has 1 aliphatic rings. The van der Waals surface area contributed by atoms with E-state index in [1.807, 2.05) is 0 Å². The summed E-state index contributed by atoms with van der Waals surface area (Å²) in [6.07, 6.45) is 0. The van der Waals surface area contributed by atoms with Crippen molar-refractivity contribution in [1.29, 1.82) is 0 Å². The van der Waals surface area contributed by atoms with Gasteiger partial charge in [-0.2, -0.15) is 0 Å². The number of hydrogen-bond acceptors (Lipinski definition) is 3. The third-order valence-corrected chi connectivity index (χ3v) is 5.08. The van der Waals surface area contributed by atoms with Gasteiger partial charge in [-0.25, -0.2) is 12.7 Å². The van der Waals surface area contributed by atoms with Crippen LogP contribution in [-0.2, 0) is 10.0 Å². The van der Waals surface area contributed by atoms with Crippen molar-refractivity contribution in [3.05, 3.63) is 28.2 Å². The fraction of sp³-hybridized carbons (Fsp3) is 0.364. The van der Waals surface area contributed by atoms with Crippen LogP contribution in [0.5, 0.6) is 0 Å². The molecule has 17 heavy (non-hydrogen) atoms. The first-order valence-corrected chi connectivity index (χ1v) is 7.28. The number of amides is 1. The van der Waals surface area contributed by atoms with E-state index in [2.05, 4.69) is 15.9 Å². The molecule has 0 unspecified atom stereocenters. The molecule has 0 N–H and O–H groups in total. The van der Waals surface area contributed by atoms with Crippen LogP contribution in [0.15, 0.2) is 27.6 Å². The van der Waals surface area contributed by atoms with Crippen LogP contribution in [0.4, 0.5) is 0 Å². The number of benzene rings is 1. The predicted octanol–water partition coefficient (Wildman–Crippen LogP) is 2.39. The standard InChI is InChI=1S/C11H12BrNO3S/c1-11(2,3)13-10(14)8-6-7(12)4-5-9(8)17(13,15)16/h4-6H,1-3H3. The van der Waals surface area contributed by atoms with Gasteiger partial charge in [0.1, 0.15) is 4.90 Å². The Labute approximate surface area is 109 Å². The van der Waals surface area contributed by atoms with E-state index in [-0.39, 0.29) is 10.5 Å². The normalized spacial score (nSPS) is 18.4. The molecule has 0 saturated heterocycles. The van der Waals surface area contributed by atoms with E-state index < -0.39 is 21.5 Å². The molecule has 2 rings (SSSR count). The molecule has 6 heteroatoms. The summed E-state index contributed by atoms with van der Waals surface area (Å²) in [6, 6.07) is 4.62. The molecular formula is C11H12BrNO3S. The number of rotatable bonds is 0. The molecule has 0 fully saturated rings. The van der Waals surface area contributed by atoms with Gasteiger partial charge >= 0.3 is 0 Å². The van der Waals surface area contributed by atoms with Gasteiger partial charge in [0, 0.05) is 4.47 Å². The van der Waals surface area contributed by atoms with Gasteiger partial charge in [0.2, 0.25) is 0 Å². The maximum absolute atomic E-state index is 12.2. The second kappa shape index (κ2) is 3.55. The second-order valence-electron chi connectivity index (χ2n) is 4.89. The third kappa shape index (κ3) is 1.79. The number of nitrogens with zero attached hydrogens (tertiary/aromatic N) is 1. The van der Waals surface area contributed by atoms with Crippen LogP contribution in [0.25, 0.3) is 0 Å². The molecule has 4 nitrogen and oxygen atoms in total. The predicted molar refractivity (Wildman–Crippen MR) is 67.3 cm³/mol. The number of halogens is 1. The summed E-state index contributed by atoms with van der Waals surface area (Å²) in [5.41, 5.74) is -0.532. The minimum Gasteiger partial charge on any atom is -0.268 e. The van der Waals surface area contributed by atoms with Crippen LogP contribution in [0, 0.1) is 0 Å². The summed E-state index contributed by atoms with van der Waals surface area (Å²) in [5.74, 6) is -0.464. The summed E-state index contributed by atoms with van der Waals surface area (Å²) in [7, 11) is -3.71. The number of carbonyl (C=O) groups is 1. The van der Waals surface area contributed by atoms with Gasteiger partial charge in [-0.1, -0.05) is 15.9 Å². The van der Waals surface area contributed by atoms with Crippen molar-refractivity contribution in [1.82, 2.24) is 4.31 Å². The fourth-order valence-corrected chi connectivity index (χ4v) is 4.14. The van der Waals surface area contributed by atoms with Crippen LogP contribution in [0.1, 0.15) is 31.1 Å². The first-order valence-electron chi connectivity index (χ1n) is 5.05. The summed E-state index contributed by atoms with van der Waals surface area (Å²) >= 11 is 3.23. The molecular weight excluding hydrogens is 306 g/mol. The lowest BCUT2D eigenvalue weighted by Gasteiger charge is -2.29. The Morgan fingerprint density at radius 1 is 1.24 bits per heavy atom. The molecule has 0 radical (unpaired) electrons. The zero-order valence-corrected chi connectivity index (χ0v) is 12.1. The average Bonchev–Trinajstić information content (AvgIpc) is 2.32. The topological polar surface area (TPSA) is 54.5 Å². The Morgan fingerprint density at radius 2 is 1.82 bits per heavy atom. The fourth-order valence-electron chi connectivity index (χ4n) is 1.88. The molecule has 1 aromatic carbocycles. The Morgan fingerprint density at radius 3 is 2.35 bits per heavy atom. The van der Waals surface area contributed by atoms with Crippen molar-refractivity contribution in [3.8, 4) is 0 Å². The van der Waals surface area contributed by atoms with Crippen LogP contribution in [0.2, 0.25) is 0 Å². The Kier molecular flexibility index (Phi) is 2.63. The first kappa shape index (κ1) is 12.6. The minimum atomic E-state index is -3.71. The molecule has 1 amide bonds. The van der Waals surface area contributed by atoms with Crippen molar-refractivity contribution in [2.24, 2.45) is 0 Å². The molecule has 0 spiro atoms. The molecule has 1 aliphatic heterocycles. The van der Waals surface area contributed by atoms with Crippen molar-refractivity contribution in [2.75, 3.05) is 0 Å². The average molecular weight is 318 g/mol. The lowest BCUT2D eigenvalue weighted by Crippen LogP contribution is -2.45. The Hall–Kier alpha value is -0.880. The molecule has 0 bridgehead atoms. The van der Waals surface area contributed by atoms with Crippen molar-refractivity contribution in [2.45, 2.75) is 31.2 Å². The Bertz CT molecular complexity index is 602. The number of hydrogen-bond donors (Lipinski definition) is 0. The largest absolute Gasteiger partial charge is 0.269 e. The van der Waals surface area contributed by atoms with E-state index in [9.17, 15) is 13.2 Å². The highest BCUT2D eigenvalue weighted by Crippen LogP contribution is 2.36. The zero-order chi connectivity index (χ0) is 13.0. The summed E-state index contributed by atoms with van der Waals surface area (Å²) < 4.78 is 26.1. The van der Waals surface area contributed by atoms with E-state index in [4.69, 9.17) is 0 Å². The summed E-state index contributed by atoms with van der Waals surface area (Å²) in [5, 5.41) is 0. The second-order valence-corrected chi connectivity index (χ2v) is 7.56. The number of carbonyl (C=O) groups excluding carboxylic acids is 1. The van der Waals surface area contributed by atoms with Gasteiger partial charge in [-0.3, -0.25) is 4.79 Å². The van der Waals surface area contributed by atoms with E-state index in [0.717, 1.165) is 4.31 Å². The lowest BCUT2D eigenvalue weighted by atomic mass is 10.1. The van der Waals surface area contributed by atoms with E-state index in [1.54, 1.807) is 32.9 Å². The summed E-state index contributed by atoms with van der Waals surface area (Å²) in [6.45, 7) is 5.09. The van der Waals surface area contributed by atoms with Gasteiger partial charge < -0.3 is 0 Å². The number of sulfonamides is 1. The smallest absolute Gasteiger partial charge is 0.268 e. The molecule has 0 atom stereocenters. The highest BCUT2D eigenvalue weighted by molar-refractivity contribution is 9.10. The molecule has 1 aromatic rings. The van der Waals surface area contributed by atoms with Crippen LogP contribution < -0.4 is 0 Å². The number of fused-ring (bicyclic) bond motifs is 1. The molecule has 0 saturated carbocycles. The van der Waals surface area contributed by atoms with Crippen molar-refractivity contribution >= 4 is 31.9 Å².